The topological polar surface area (TPSA) is 344 Å². The van der Waals surface area contributed by atoms with Crippen LogP contribution >= 0.6 is 9.90 Å². The Bertz CT molecular complexity index is 5730. The number of benzene rings is 8. The molecule has 0 fully saturated rings. The van der Waals surface area contributed by atoms with E-state index in [0.717, 1.165) is 0 Å². The summed E-state index contributed by atoms with van der Waals surface area (Å²) in [5.41, 5.74) is 1.64. The minimum absolute atomic E-state index is 0. The van der Waals surface area contributed by atoms with Crippen LogP contribution in [0.1, 0.15) is 230 Å². The Morgan fingerprint density at radius 2 is 0.533 bits per heavy atom. The van der Waals surface area contributed by atoms with E-state index in [1.54, 1.807) is 55.1 Å². The van der Waals surface area contributed by atoms with Gasteiger partial charge in [0.05, 0.1) is 0 Å². The maximum absolute atomic E-state index is 12.8. The van der Waals surface area contributed by atoms with E-state index in [1.807, 2.05) is 0 Å². The molecule has 8 aromatic carbocycles. The molecule has 4 aliphatic rings. The van der Waals surface area contributed by atoms with Crippen molar-refractivity contribution in [2.75, 3.05) is 0 Å². The Balaban J connectivity index is 0.000000302. The average Bonchev–Trinajstić information content (AvgIpc) is 1.55. The van der Waals surface area contributed by atoms with Crippen LogP contribution < -0.4 is 11.0 Å². The molecule has 1 atom stereocenters. The van der Waals surface area contributed by atoms with Crippen molar-refractivity contribution >= 4 is 168 Å². The van der Waals surface area contributed by atoms with E-state index in [0.29, 0.717) is 54.2 Å². The maximum Gasteiger partial charge on any atom is -0.0395 e. The monoisotopic (exact) mass is 1600 g/mol. The van der Waals surface area contributed by atoms with Gasteiger partial charge in [-0.25, -0.2) is 0 Å². The molecule has 107 heavy (non-hydrogen) atoms. The molecule has 2 aromatic heterocycles. The van der Waals surface area contributed by atoms with Gasteiger partial charge in [-0.1, -0.05) is 207 Å². The van der Waals surface area contributed by atoms with E-state index in [1.165, 1.54) is 253 Å². The molecule has 1 radical (unpaired) electrons. The van der Waals surface area contributed by atoms with E-state index in [4.69, 9.17) is 30.0 Å². The molecule has 21 nitrogen and oxygen atoms in total. The van der Waals surface area contributed by atoms with Gasteiger partial charge in [0.1, 0.15) is 0 Å². The predicted molar refractivity (Wildman–Crippen MR) is 431 cm³/mol. The van der Waals surface area contributed by atoms with Gasteiger partial charge < -0.3 is 5.48 Å². The molecular weight excluding hydrogens is 1510 g/mol. The van der Waals surface area contributed by atoms with Gasteiger partial charge >= 0.3 is 420 Å². The Kier molecular flexibility index (Phi) is 27.8. The number of fused-ring (bicyclic) bond motifs is 18. The summed E-state index contributed by atoms with van der Waals surface area (Å²) in [5, 5.41) is 3.03. The van der Waals surface area contributed by atoms with E-state index in [-0.39, 0.29) is 94.0 Å². The van der Waals surface area contributed by atoms with Crippen LogP contribution in [-0.4, -0.2) is 105 Å². The Morgan fingerprint density at radius 1 is 0.290 bits per heavy atom. The predicted octanol–water partition coefficient (Wildman–Crippen LogP) is 16.6. The number of hydrogen-bond acceptors (Lipinski definition) is 18. The van der Waals surface area contributed by atoms with Crippen molar-refractivity contribution in [3.63, 3.8) is 0 Å². The fraction of sp³-hybridized carbons (Fsp3) is 0.400. The summed E-state index contributed by atoms with van der Waals surface area (Å²) >= 11 is -2.51. The zero-order valence-corrected chi connectivity index (χ0v) is 69.2. The fourth-order valence-electron chi connectivity index (χ4n) is 14.8. The van der Waals surface area contributed by atoms with Gasteiger partial charge in [0.2, 0.25) is 0 Å². The van der Waals surface area contributed by atoms with Crippen LogP contribution in [-0.2, 0) is 40.5 Å². The van der Waals surface area contributed by atoms with Crippen molar-refractivity contribution in [1.29, 1.82) is 0 Å². The van der Waals surface area contributed by atoms with Gasteiger partial charge in [0.25, 0.3) is 0 Å². The Morgan fingerprint density at radius 3 is 0.841 bits per heavy atom. The molecule has 0 aliphatic carbocycles. The van der Waals surface area contributed by atoms with Crippen molar-refractivity contribution < 1.29 is 57.4 Å². The first-order chi connectivity index (χ1) is 50.5. The third kappa shape index (κ3) is 18.7. The van der Waals surface area contributed by atoms with Crippen molar-refractivity contribution in [3.8, 4) is 0 Å². The molecule has 0 amide bonds. The van der Waals surface area contributed by atoms with Crippen LogP contribution in [0.3, 0.4) is 0 Å². The molecule has 4 aliphatic heterocycles. The summed E-state index contributed by atoms with van der Waals surface area (Å²) in [6.45, 7) is 9.15. The van der Waals surface area contributed by atoms with Crippen LogP contribution in [0.4, 0.5) is 11.6 Å². The summed E-state index contributed by atoms with van der Waals surface area (Å²) in [6, 6.07) is 29.5. The summed E-state index contributed by atoms with van der Waals surface area (Å²) in [4.78, 5) is 28.7. The van der Waals surface area contributed by atoms with Crippen molar-refractivity contribution in [2.45, 2.75) is 227 Å². The summed E-state index contributed by atoms with van der Waals surface area (Å²) < 4.78 is 156. The van der Waals surface area contributed by atoms with Crippen molar-refractivity contribution in [1.82, 2.24) is 6.55 Å². The molecule has 6 heterocycles. The molecule has 0 saturated carbocycles. The molecule has 567 valence electrons. The molecule has 27 heteroatoms. The number of aromatic nitrogens is 2. The number of unbranched alkanes of at least 4 members (excludes halogenated alkanes) is 26. The number of nitrogens with zero attached hydrogens (tertiary/aromatic N) is 8. The molecule has 0 spiro atoms. The molecule has 0 saturated heterocycles. The minimum Gasteiger partial charge on any atom is -0.0395 e. The van der Waals surface area contributed by atoms with Crippen molar-refractivity contribution in [2.24, 2.45) is 30.0 Å². The minimum atomic E-state index is -5.05. The number of hydrogen-bond donors (Lipinski definition) is 0. The quantitative estimate of drug-likeness (QED) is 0.0175. The third-order valence-electron chi connectivity index (χ3n) is 20.2. The Labute approximate surface area is 638 Å². The second-order valence-corrected chi connectivity index (χ2v) is 36.0. The van der Waals surface area contributed by atoms with Crippen LogP contribution in [0.5, 0.6) is 0 Å². The smallest absolute Gasteiger partial charge is 0.0395 e. The largest absolute Gasteiger partial charge is 0.0395 e. The average molecular weight is 1600 g/mol. The first kappa shape index (κ1) is 82.3. The normalized spacial score (nSPS) is 13.6. The van der Waals surface area contributed by atoms with Gasteiger partial charge in [-0.2, -0.15) is 0 Å². The van der Waals surface area contributed by atoms with Crippen LogP contribution in [0, 0.1) is 0 Å². The van der Waals surface area contributed by atoms with Gasteiger partial charge in [0.15, 0.2) is 0 Å². The molecule has 14 rings (SSSR count). The zero-order chi connectivity index (χ0) is 74.2. The molecule has 10 aromatic rings. The Hall–Kier alpha value is -7.17. The summed E-state index contributed by atoms with van der Waals surface area (Å²) in [5.74, 6) is 0.559. The maximum atomic E-state index is 12.8. The van der Waals surface area contributed by atoms with Crippen LogP contribution in [0.15, 0.2) is 171 Å². The van der Waals surface area contributed by atoms with Gasteiger partial charge in [-0.05, 0) is 9.90 Å². The summed E-state index contributed by atoms with van der Waals surface area (Å²) in [7, 11) is -20.1. The molecule has 1 unspecified atom stereocenters. The van der Waals surface area contributed by atoms with Gasteiger partial charge in [-0.3, -0.25) is 0 Å². The van der Waals surface area contributed by atoms with Crippen LogP contribution in [0.2, 0.25) is 0 Å². The van der Waals surface area contributed by atoms with Gasteiger partial charge in [-0.15, -0.1) is 0 Å². The van der Waals surface area contributed by atoms with E-state index in [2.05, 4.69) is 27.7 Å². The van der Waals surface area contributed by atoms with E-state index < -0.39 is 77.9 Å². The first-order valence-corrected chi connectivity index (χ1v) is 45.1. The van der Waals surface area contributed by atoms with E-state index >= 15 is 0 Å². The van der Waals surface area contributed by atoms with E-state index in [9.17, 15) is 51.9 Å². The zero-order valence-electron chi connectivity index (χ0n) is 61.5. The van der Waals surface area contributed by atoms with Crippen molar-refractivity contribution in [3.05, 3.63) is 155 Å². The standard InChI is InChI=1S/C48H24N8O12S4.C20H42.C12H26.Ga.H2O.H3P/c57-69(58,59)37-9-1-5-21-13-29-33(17-25(21)37)45-49-41(29)53-46-34-18-26-22(6-2-10-38(26)70(60,61)62)14-30(34)43(50-46)55-48-36-20-28-24(8-4-12-40(28)72(66,67)68)16-32(36)44(52-48)56-47-35-19-27-23(15-31(35)42(51-47)54-45)7-3-11-39(27)71(63,64)65;1-3-5-7-9-11-13-15-17-19-20-18-16-14-12-10-8-6-4-2;1-3-5-7-9-11-12-10-8-6-4-2;;;/h1-20H,(H4-2,49,50,51,52,53,54,55,56,57,58,59,60,61,62,63,64,65,66,67,68);3-20H2,1-2H3;3-12H2,1-2H3;;1H2;1H3/q-2;;;+2;;/p-3. The first-order valence-electron chi connectivity index (χ1n) is 37.3. The molecular formula is C80H94GaN8O13PS4-3. The molecule has 2 N–H and O–H groups in total. The number of amidine groups is 4. The number of aliphatic imine (C=N–C) groups is 4. The second-order valence-electron chi connectivity index (χ2n) is 27.9. The second kappa shape index (κ2) is 36.1. The third-order valence-corrected chi connectivity index (χ3v) is 26.8. The van der Waals surface area contributed by atoms with Gasteiger partial charge in [0, 0.05) is 0 Å². The fourth-order valence-corrected chi connectivity index (χ4v) is 20.6. The van der Waals surface area contributed by atoms with Crippen LogP contribution in [0.25, 0.3) is 64.6 Å². The SMILES string of the molecule is CCCCCCCCCCCC.CCCCCCCCCCCCCCCCCCCC.O.O=S(=O)([O-])c1cccc2cc3c(cc12)C1=NC3=Nc2c3cc4c(S(=O)(=O)[O-])cccc4cc3c3[n]2[Ga][n]2c(c4cc5cccc(S(=O)(=O)[O-])c5cc4c2=NC2=NC(=N3)c3cc4c(S(=O)(=O)[O-])cccc4cc32)=N1.[PH4+]. The number of rotatable bonds is 30. The summed E-state index contributed by atoms with van der Waals surface area (Å²) in [6.07, 6.45) is 40.8. The molecule has 6 bridgehead atoms.